The SMILES string of the molecule is N#Cc1ccc(/C=C/c2nc3ccccc3c(=O)n2-c2cccc(CC(=O)O)c2)cc1. The number of aliphatic carboxylic acids is 1. The number of hydrogen-bond donors (Lipinski definition) is 1. The van der Waals surface area contributed by atoms with Crippen molar-refractivity contribution in [3.05, 3.63) is 106 Å². The lowest BCUT2D eigenvalue weighted by molar-refractivity contribution is -0.136. The van der Waals surface area contributed by atoms with Gasteiger partial charge in [0, 0.05) is 0 Å². The summed E-state index contributed by atoms with van der Waals surface area (Å²) >= 11 is 0. The number of nitrogens with zero attached hydrogens (tertiary/aromatic N) is 3. The highest BCUT2D eigenvalue weighted by Gasteiger charge is 2.12. The number of carboxylic acid groups (broad SMARTS) is 1. The van der Waals surface area contributed by atoms with Crippen molar-refractivity contribution < 1.29 is 9.90 Å². The largest absolute Gasteiger partial charge is 0.481 e. The Bertz CT molecular complexity index is 1410. The molecule has 0 spiro atoms. The third kappa shape index (κ3) is 4.26. The number of aromatic nitrogens is 2. The first-order valence-corrected chi connectivity index (χ1v) is 9.56. The molecule has 0 fully saturated rings. The van der Waals surface area contributed by atoms with Gasteiger partial charge in [-0.15, -0.1) is 0 Å². The van der Waals surface area contributed by atoms with E-state index in [1.54, 1.807) is 60.7 Å². The first-order valence-electron chi connectivity index (χ1n) is 9.56. The third-order valence-corrected chi connectivity index (χ3v) is 4.79. The maximum Gasteiger partial charge on any atom is 0.307 e. The maximum absolute atomic E-state index is 13.3. The molecule has 0 amide bonds. The fraction of sp³-hybridized carbons (Fsp3) is 0.0400. The molecular weight excluding hydrogens is 390 g/mol. The van der Waals surface area contributed by atoms with Gasteiger partial charge in [0.1, 0.15) is 5.82 Å². The smallest absolute Gasteiger partial charge is 0.307 e. The Morgan fingerprint density at radius 1 is 1.03 bits per heavy atom. The number of hydrogen-bond acceptors (Lipinski definition) is 4. The zero-order chi connectivity index (χ0) is 21.8. The zero-order valence-electron chi connectivity index (χ0n) is 16.4. The summed E-state index contributed by atoms with van der Waals surface area (Å²) in [5.41, 5.74) is 2.89. The Morgan fingerprint density at radius 2 is 1.81 bits per heavy atom. The molecule has 0 saturated heterocycles. The van der Waals surface area contributed by atoms with Crippen LogP contribution in [0, 0.1) is 11.3 Å². The van der Waals surface area contributed by atoms with Crippen molar-refractivity contribution in [1.29, 1.82) is 5.26 Å². The number of benzene rings is 3. The number of carboxylic acids is 1. The molecule has 4 aromatic rings. The van der Waals surface area contributed by atoms with Gasteiger partial charge in [0.05, 0.1) is 34.6 Å². The summed E-state index contributed by atoms with van der Waals surface area (Å²) in [5, 5.41) is 18.5. The van der Waals surface area contributed by atoms with E-state index in [0.29, 0.717) is 33.5 Å². The van der Waals surface area contributed by atoms with Crippen LogP contribution in [0.1, 0.15) is 22.5 Å². The van der Waals surface area contributed by atoms with Gasteiger partial charge in [0.2, 0.25) is 0 Å². The average molecular weight is 407 g/mol. The average Bonchev–Trinajstić information content (AvgIpc) is 2.78. The van der Waals surface area contributed by atoms with E-state index >= 15 is 0 Å². The highest BCUT2D eigenvalue weighted by molar-refractivity contribution is 5.80. The van der Waals surface area contributed by atoms with Crippen LogP contribution in [0.5, 0.6) is 0 Å². The summed E-state index contributed by atoms with van der Waals surface area (Å²) in [5.74, 6) is -0.525. The van der Waals surface area contributed by atoms with Crippen molar-refractivity contribution in [1.82, 2.24) is 9.55 Å². The van der Waals surface area contributed by atoms with Gasteiger partial charge in [-0.05, 0) is 53.6 Å². The van der Waals surface area contributed by atoms with Gasteiger partial charge in [-0.3, -0.25) is 14.2 Å². The van der Waals surface area contributed by atoms with E-state index in [-0.39, 0.29) is 12.0 Å². The molecule has 0 saturated carbocycles. The van der Waals surface area contributed by atoms with Crippen LogP contribution in [0.25, 0.3) is 28.7 Å². The van der Waals surface area contributed by atoms with Gasteiger partial charge in [0.15, 0.2) is 0 Å². The highest BCUT2D eigenvalue weighted by Crippen LogP contribution is 2.17. The van der Waals surface area contributed by atoms with E-state index in [1.165, 1.54) is 4.57 Å². The Balaban J connectivity index is 1.88. The van der Waals surface area contributed by atoms with Gasteiger partial charge in [-0.2, -0.15) is 5.26 Å². The lowest BCUT2D eigenvalue weighted by atomic mass is 10.1. The Morgan fingerprint density at radius 3 is 2.55 bits per heavy atom. The van der Waals surface area contributed by atoms with E-state index in [2.05, 4.69) is 11.1 Å². The molecule has 4 rings (SSSR count). The molecule has 6 nitrogen and oxygen atoms in total. The van der Waals surface area contributed by atoms with Crippen LogP contribution in [0.15, 0.2) is 77.6 Å². The number of nitriles is 1. The Hall–Kier alpha value is -4.50. The van der Waals surface area contributed by atoms with Gasteiger partial charge < -0.3 is 5.11 Å². The molecule has 0 radical (unpaired) electrons. The first kappa shape index (κ1) is 19.8. The van der Waals surface area contributed by atoms with Gasteiger partial charge in [-0.25, -0.2) is 4.98 Å². The van der Waals surface area contributed by atoms with Crippen molar-refractivity contribution in [2.45, 2.75) is 6.42 Å². The van der Waals surface area contributed by atoms with Crippen LogP contribution < -0.4 is 5.56 Å². The molecule has 6 heteroatoms. The van der Waals surface area contributed by atoms with E-state index in [1.807, 2.05) is 24.3 Å². The van der Waals surface area contributed by atoms with E-state index in [9.17, 15) is 9.59 Å². The molecule has 0 aliphatic rings. The lowest BCUT2D eigenvalue weighted by Crippen LogP contribution is -2.22. The van der Waals surface area contributed by atoms with Crippen molar-refractivity contribution in [3.63, 3.8) is 0 Å². The van der Waals surface area contributed by atoms with Crippen molar-refractivity contribution in [3.8, 4) is 11.8 Å². The summed E-state index contributed by atoms with van der Waals surface area (Å²) in [7, 11) is 0. The molecule has 1 aromatic heterocycles. The summed E-state index contributed by atoms with van der Waals surface area (Å²) < 4.78 is 1.48. The fourth-order valence-corrected chi connectivity index (χ4v) is 3.33. The molecule has 0 aliphatic heterocycles. The number of carbonyl (C=O) groups is 1. The molecule has 3 aromatic carbocycles. The summed E-state index contributed by atoms with van der Waals surface area (Å²) in [6, 6.07) is 23.1. The standard InChI is InChI=1S/C25H17N3O3/c26-16-18-10-8-17(9-11-18)12-13-23-27-22-7-2-1-6-21(22)25(31)28(23)20-5-3-4-19(14-20)15-24(29)30/h1-14H,15H2,(H,29,30)/b13-12+. The summed E-state index contributed by atoms with van der Waals surface area (Å²) in [6.45, 7) is 0. The Kier molecular flexibility index (Phi) is 5.41. The molecule has 0 bridgehead atoms. The molecule has 150 valence electrons. The van der Waals surface area contributed by atoms with E-state index in [4.69, 9.17) is 10.4 Å². The van der Waals surface area contributed by atoms with Crippen molar-refractivity contribution in [2.75, 3.05) is 0 Å². The molecule has 0 unspecified atom stereocenters. The van der Waals surface area contributed by atoms with Crippen LogP contribution >= 0.6 is 0 Å². The first-order chi connectivity index (χ1) is 15.0. The second-order valence-electron chi connectivity index (χ2n) is 6.94. The third-order valence-electron chi connectivity index (χ3n) is 4.79. The Labute approximate surface area is 178 Å². The maximum atomic E-state index is 13.3. The van der Waals surface area contributed by atoms with Crippen LogP contribution in [0.4, 0.5) is 0 Å². The van der Waals surface area contributed by atoms with Crippen molar-refractivity contribution in [2.24, 2.45) is 0 Å². The van der Waals surface area contributed by atoms with Gasteiger partial charge >= 0.3 is 5.97 Å². The second kappa shape index (κ2) is 8.47. The van der Waals surface area contributed by atoms with Gasteiger partial charge in [-0.1, -0.05) is 42.5 Å². The van der Waals surface area contributed by atoms with Gasteiger partial charge in [0.25, 0.3) is 5.56 Å². The monoisotopic (exact) mass is 407 g/mol. The topological polar surface area (TPSA) is 96.0 Å². The minimum atomic E-state index is -0.943. The molecule has 0 aliphatic carbocycles. The minimum Gasteiger partial charge on any atom is -0.481 e. The molecule has 1 heterocycles. The quantitative estimate of drug-likeness (QED) is 0.538. The molecule has 31 heavy (non-hydrogen) atoms. The van der Waals surface area contributed by atoms with E-state index in [0.717, 1.165) is 5.56 Å². The van der Waals surface area contributed by atoms with Crippen LogP contribution in [-0.2, 0) is 11.2 Å². The lowest BCUT2D eigenvalue weighted by Gasteiger charge is -2.12. The van der Waals surface area contributed by atoms with Crippen molar-refractivity contribution >= 4 is 29.0 Å². The molecular formula is C25H17N3O3. The minimum absolute atomic E-state index is 0.139. The van der Waals surface area contributed by atoms with Crippen LogP contribution in [0.2, 0.25) is 0 Å². The van der Waals surface area contributed by atoms with Crippen LogP contribution in [0.3, 0.4) is 0 Å². The predicted molar refractivity (Wildman–Crippen MR) is 119 cm³/mol. The molecule has 0 atom stereocenters. The predicted octanol–water partition coefficient (Wildman–Crippen LogP) is 4.05. The number of para-hydroxylation sites is 1. The van der Waals surface area contributed by atoms with Crippen LogP contribution in [-0.4, -0.2) is 20.6 Å². The highest BCUT2D eigenvalue weighted by atomic mass is 16.4. The normalized spacial score (nSPS) is 10.9. The fourth-order valence-electron chi connectivity index (χ4n) is 3.33. The zero-order valence-corrected chi connectivity index (χ0v) is 16.4. The second-order valence-corrected chi connectivity index (χ2v) is 6.94. The number of rotatable bonds is 5. The summed E-state index contributed by atoms with van der Waals surface area (Å²) in [6.07, 6.45) is 3.41. The number of fused-ring (bicyclic) bond motifs is 1. The summed E-state index contributed by atoms with van der Waals surface area (Å²) in [4.78, 5) is 29.1. The molecule has 1 N–H and O–H groups in total. The van der Waals surface area contributed by atoms with E-state index < -0.39 is 5.97 Å².